The van der Waals surface area contributed by atoms with Crippen LogP contribution in [0.1, 0.15) is 0 Å². The summed E-state index contributed by atoms with van der Waals surface area (Å²) in [5.74, 6) is -0.265. The average Bonchev–Trinajstić information content (AvgIpc) is 2.59. The number of halogens is 1. The molecule has 0 spiro atoms. The number of hydrogen-bond acceptors (Lipinski definition) is 5. The highest BCUT2D eigenvalue weighted by molar-refractivity contribution is 9.18. The van der Waals surface area contributed by atoms with E-state index in [0.717, 1.165) is 5.57 Å². The van der Waals surface area contributed by atoms with Crippen LogP contribution in [-0.2, 0) is 9.53 Å². The number of carbonyl (C=O) groups is 1. The van der Waals surface area contributed by atoms with Gasteiger partial charge < -0.3 is 4.74 Å². The maximum atomic E-state index is 11.2. The number of carbonyl (C=O) groups excluding carboxylic acids is 1. The molecule has 0 unspecified atom stereocenters. The van der Waals surface area contributed by atoms with E-state index in [1.807, 2.05) is 0 Å². The molecule has 0 aromatic heterocycles. The van der Waals surface area contributed by atoms with E-state index in [9.17, 15) is 4.79 Å². The molecule has 2 heterocycles. The van der Waals surface area contributed by atoms with Crippen molar-refractivity contribution in [3.05, 3.63) is 11.6 Å². The maximum absolute atomic E-state index is 11.2. The summed E-state index contributed by atoms with van der Waals surface area (Å²) in [4.78, 5) is 15.2. The molecule has 2 aliphatic heterocycles. The Morgan fingerprint density at radius 3 is 3.07 bits per heavy atom. The maximum Gasteiger partial charge on any atom is 0.318 e. The predicted octanol–water partition coefficient (Wildman–Crippen LogP) is 0.907. The molecule has 0 N–H and O–H groups in total. The summed E-state index contributed by atoms with van der Waals surface area (Å²) in [6.45, 7) is 0. The van der Waals surface area contributed by atoms with Crippen LogP contribution in [0.2, 0.25) is 0 Å². The zero-order valence-corrected chi connectivity index (χ0v) is 8.85. The fourth-order valence-electron chi connectivity index (χ4n) is 1.17. The van der Waals surface area contributed by atoms with Gasteiger partial charge in [-0.1, -0.05) is 6.08 Å². The molecule has 2 aliphatic rings. The molecule has 2 rings (SSSR count). The van der Waals surface area contributed by atoms with E-state index in [-0.39, 0.29) is 5.97 Å². The third kappa shape index (κ3) is 1.41. The molecule has 6 heteroatoms. The number of rotatable bonds is 1. The van der Waals surface area contributed by atoms with Crippen LogP contribution in [-0.4, -0.2) is 29.8 Å². The molecule has 0 bridgehead atoms. The number of aliphatic imine (C=N–C) groups is 1. The zero-order valence-electron chi connectivity index (χ0n) is 7.27. The highest BCUT2D eigenvalue weighted by Gasteiger charge is 2.26. The van der Waals surface area contributed by atoms with E-state index in [1.54, 1.807) is 6.08 Å². The van der Waals surface area contributed by atoms with Crippen molar-refractivity contribution in [1.82, 2.24) is 0 Å². The summed E-state index contributed by atoms with van der Waals surface area (Å²) in [6, 6.07) is 0. The van der Waals surface area contributed by atoms with Gasteiger partial charge in [-0.25, -0.2) is 4.99 Å². The number of amidine groups is 1. The number of dihydropyridines is 1. The molecule has 0 saturated carbocycles. The molecule has 0 amide bonds. The van der Waals surface area contributed by atoms with Crippen molar-refractivity contribution in [3.8, 4) is 0 Å². The lowest BCUT2D eigenvalue weighted by atomic mass is 10.0. The first-order chi connectivity index (χ1) is 6.72. The van der Waals surface area contributed by atoms with Gasteiger partial charge in [0.05, 0.1) is 12.7 Å². The SMILES string of the molecule is COC(=O)[C@H]1C=NC2=NN=C(Br)C2=C1. The summed E-state index contributed by atoms with van der Waals surface area (Å²) in [5, 5.41) is 7.59. The van der Waals surface area contributed by atoms with Crippen LogP contribution in [0.4, 0.5) is 0 Å². The van der Waals surface area contributed by atoms with Gasteiger partial charge in [-0.3, -0.25) is 4.79 Å². The van der Waals surface area contributed by atoms with E-state index >= 15 is 0 Å². The van der Waals surface area contributed by atoms with E-state index < -0.39 is 5.92 Å². The second-order valence-corrected chi connectivity index (χ2v) is 3.47. The van der Waals surface area contributed by atoms with Crippen LogP contribution in [0, 0.1) is 5.92 Å². The normalized spacial score (nSPS) is 23.6. The minimum Gasteiger partial charge on any atom is -0.468 e. The molecule has 1 atom stereocenters. The Morgan fingerprint density at radius 1 is 1.57 bits per heavy atom. The topological polar surface area (TPSA) is 63.4 Å². The van der Waals surface area contributed by atoms with Gasteiger partial charge in [0, 0.05) is 6.21 Å². The van der Waals surface area contributed by atoms with Crippen molar-refractivity contribution in [1.29, 1.82) is 0 Å². The summed E-state index contributed by atoms with van der Waals surface area (Å²) in [7, 11) is 1.34. The van der Waals surface area contributed by atoms with Gasteiger partial charge in [-0.2, -0.15) is 0 Å². The number of ether oxygens (including phenoxy) is 1. The molecular formula is C8H6BrN3O2. The predicted molar refractivity (Wildman–Crippen MR) is 55.9 cm³/mol. The lowest BCUT2D eigenvalue weighted by Gasteiger charge is -2.10. The van der Waals surface area contributed by atoms with Crippen molar-refractivity contribution in [2.24, 2.45) is 21.1 Å². The quantitative estimate of drug-likeness (QED) is 0.654. The van der Waals surface area contributed by atoms with Crippen LogP contribution in [0.3, 0.4) is 0 Å². The first-order valence-corrected chi connectivity index (χ1v) is 4.67. The largest absolute Gasteiger partial charge is 0.468 e. The standard InChI is InChI=1S/C8H6BrN3O2/c1-14-8(13)4-2-5-6(9)11-12-7(5)10-3-4/h2-4H,1H3/t4-/m1/s1. The number of nitrogens with zero attached hydrogens (tertiary/aromatic N) is 3. The van der Waals surface area contributed by atoms with Crippen molar-refractivity contribution in [2.75, 3.05) is 7.11 Å². The molecule has 0 saturated heterocycles. The van der Waals surface area contributed by atoms with Gasteiger partial charge in [0.25, 0.3) is 0 Å². The first kappa shape index (κ1) is 9.26. The van der Waals surface area contributed by atoms with Crippen LogP contribution < -0.4 is 0 Å². The summed E-state index contributed by atoms with van der Waals surface area (Å²) < 4.78 is 5.20. The second kappa shape index (κ2) is 3.45. The molecule has 0 aromatic carbocycles. The first-order valence-electron chi connectivity index (χ1n) is 3.88. The van der Waals surface area contributed by atoms with Crippen molar-refractivity contribution < 1.29 is 9.53 Å². The van der Waals surface area contributed by atoms with Crippen molar-refractivity contribution in [3.63, 3.8) is 0 Å². The Kier molecular flexibility index (Phi) is 2.28. The van der Waals surface area contributed by atoms with E-state index in [2.05, 4.69) is 35.9 Å². The molecule has 72 valence electrons. The molecule has 0 aliphatic carbocycles. The summed E-state index contributed by atoms with van der Waals surface area (Å²) >= 11 is 3.22. The van der Waals surface area contributed by atoms with Gasteiger partial charge in [0.1, 0.15) is 10.5 Å². The number of esters is 1. The Morgan fingerprint density at radius 2 is 2.36 bits per heavy atom. The molecular weight excluding hydrogens is 250 g/mol. The number of fused-ring (bicyclic) bond motifs is 1. The Balaban J connectivity index is 2.29. The fraction of sp³-hybridized carbons (Fsp3) is 0.250. The van der Waals surface area contributed by atoms with Gasteiger partial charge >= 0.3 is 5.97 Å². The molecule has 14 heavy (non-hydrogen) atoms. The highest BCUT2D eigenvalue weighted by atomic mass is 79.9. The highest BCUT2D eigenvalue weighted by Crippen LogP contribution is 2.21. The fourth-order valence-corrected chi connectivity index (χ4v) is 1.56. The number of hydrogen-bond donors (Lipinski definition) is 0. The minimum atomic E-state index is -0.449. The van der Waals surface area contributed by atoms with Crippen LogP contribution in [0.15, 0.2) is 26.8 Å². The number of methoxy groups -OCH3 is 1. The summed E-state index contributed by atoms with van der Waals surface area (Å²) in [5.41, 5.74) is 0.739. The lowest BCUT2D eigenvalue weighted by molar-refractivity contribution is -0.141. The molecule has 0 fully saturated rings. The van der Waals surface area contributed by atoms with E-state index in [0.29, 0.717) is 10.5 Å². The molecule has 5 nitrogen and oxygen atoms in total. The second-order valence-electron chi connectivity index (χ2n) is 2.72. The van der Waals surface area contributed by atoms with Gasteiger partial charge in [-0.05, 0) is 15.9 Å². The van der Waals surface area contributed by atoms with Crippen molar-refractivity contribution >= 4 is 38.6 Å². The Labute approximate surface area is 88.4 Å². The zero-order chi connectivity index (χ0) is 10.1. The summed E-state index contributed by atoms with van der Waals surface area (Å²) in [6.07, 6.45) is 3.22. The lowest BCUT2D eigenvalue weighted by Crippen LogP contribution is -2.21. The van der Waals surface area contributed by atoms with Gasteiger partial charge in [0.15, 0.2) is 5.84 Å². The molecule has 0 radical (unpaired) electrons. The van der Waals surface area contributed by atoms with E-state index in [1.165, 1.54) is 13.3 Å². The van der Waals surface area contributed by atoms with Crippen LogP contribution in [0.5, 0.6) is 0 Å². The monoisotopic (exact) mass is 255 g/mol. The smallest absolute Gasteiger partial charge is 0.318 e. The van der Waals surface area contributed by atoms with Gasteiger partial charge in [0.2, 0.25) is 0 Å². The Hall–Kier alpha value is -1.30. The van der Waals surface area contributed by atoms with Gasteiger partial charge in [-0.15, -0.1) is 10.2 Å². The third-order valence-electron chi connectivity index (χ3n) is 1.87. The molecule has 0 aromatic rings. The van der Waals surface area contributed by atoms with E-state index in [4.69, 9.17) is 0 Å². The average molecular weight is 256 g/mol. The van der Waals surface area contributed by atoms with Crippen LogP contribution in [0.25, 0.3) is 0 Å². The Bertz CT molecular complexity index is 409. The van der Waals surface area contributed by atoms with Crippen molar-refractivity contribution in [2.45, 2.75) is 0 Å². The third-order valence-corrected chi connectivity index (χ3v) is 2.46. The minimum absolute atomic E-state index is 0.340. The van der Waals surface area contributed by atoms with Crippen LogP contribution >= 0.6 is 15.9 Å².